The number of rotatable bonds is 7. The summed E-state index contributed by atoms with van der Waals surface area (Å²) in [7, 11) is 0. The normalized spacial score (nSPS) is 10.4. The van der Waals surface area contributed by atoms with Crippen molar-refractivity contribution in [2.45, 2.75) is 13.3 Å². The van der Waals surface area contributed by atoms with E-state index in [1.165, 1.54) is 24.5 Å². The maximum Gasteiger partial charge on any atom is 0.261 e. The van der Waals surface area contributed by atoms with Gasteiger partial charge in [-0.05, 0) is 43.2 Å². The molecule has 5 nitrogen and oxygen atoms in total. The Morgan fingerprint density at radius 3 is 2.33 bits per heavy atom. The van der Waals surface area contributed by atoms with E-state index in [4.69, 9.17) is 0 Å². The Balaban J connectivity index is 1.59. The quantitative estimate of drug-likeness (QED) is 0.690. The van der Waals surface area contributed by atoms with E-state index < -0.39 is 0 Å². The molecule has 0 spiro atoms. The highest BCUT2D eigenvalue weighted by atomic mass is 19.1. The molecular weight excluding hydrogens is 343 g/mol. The highest BCUT2D eigenvalue weighted by Gasteiger charge is 2.16. The van der Waals surface area contributed by atoms with Crippen molar-refractivity contribution in [1.29, 1.82) is 0 Å². The molecule has 27 heavy (non-hydrogen) atoms. The van der Waals surface area contributed by atoms with Gasteiger partial charge >= 0.3 is 0 Å². The van der Waals surface area contributed by atoms with Crippen LogP contribution in [0.1, 0.15) is 22.8 Å². The molecule has 6 heteroatoms. The topological polar surface area (TPSA) is 58.1 Å². The van der Waals surface area contributed by atoms with Gasteiger partial charge in [-0.2, -0.15) is 0 Å². The number of hydrogen-bond acceptors (Lipinski definition) is 4. The Bertz CT molecular complexity index is 867. The molecule has 1 amide bonds. The summed E-state index contributed by atoms with van der Waals surface area (Å²) in [6, 6.07) is 15.9. The highest BCUT2D eigenvalue weighted by molar-refractivity contribution is 6.05. The van der Waals surface area contributed by atoms with Crippen molar-refractivity contribution < 1.29 is 9.18 Å². The van der Waals surface area contributed by atoms with E-state index in [-0.39, 0.29) is 11.7 Å². The molecular formula is C21H21FN4O. The zero-order valence-electron chi connectivity index (χ0n) is 15.1. The Hall–Kier alpha value is -3.28. The molecule has 0 radical (unpaired) electrons. The second-order valence-corrected chi connectivity index (χ2v) is 5.98. The van der Waals surface area contributed by atoms with Gasteiger partial charge in [0.25, 0.3) is 5.91 Å². The SMILES string of the molecule is CCN(C(=O)c1cnc(NCCc2ccc(F)cc2)nc1)c1ccccc1. The second-order valence-electron chi connectivity index (χ2n) is 5.98. The summed E-state index contributed by atoms with van der Waals surface area (Å²) >= 11 is 0. The van der Waals surface area contributed by atoms with E-state index in [1.54, 1.807) is 17.0 Å². The van der Waals surface area contributed by atoms with Crippen LogP contribution in [0.4, 0.5) is 16.0 Å². The number of halogens is 1. The average molecular weight is 364 g/mol. The summed E-state index contributed by atoms with van der Waals surface area (Å²) in [4.78, 5) is 22.8. The minimum absolute atomic E-state index is 0.137. The fraction of sp³-hybridized carbons (Fsp3) is 0.190. The number of para-hydroxylation sites is 1. The number of hydrogen-bond donors (Lipinski definition) is 1. The molecule has 1 aromatic heterocycles. The predicted molar refractivity (Wildman–Crippen MR) is 104 cm³/mol. The van der Waals surface area contributed by atoms with Crippen LogP contribution in [0.3, 0.4) is 0 Å². The molecule has 0 aliphatic carbocycles. The van der Waals surface area contributed by atoms with Gasteiger partial charge in [-0.3, -0.25) is 4.79 Å². The average Bonchev–Trinajstić information content (AvgIpc) is 2.71. The molecule has 0 saturated carbocycles. The van der Waals surface area contributed by atoms with E-state index in [0.29, 0.717) is 24.6 Å². The molecule has 0 aliphatic heterocycles. The number of carbonyl (C=O) groups is 1. The van der Waals surface area contributed by atoms with Gasteiger partial charge < -0.3 is 10.2 Å². The van der Waals surface area contributed by atoms with Gasteiger partial charge in [0, 0.05) is 31.2 Å². The Labute approximate surface area is 157 Å². The summed E-state index contributed by atoms with van der Waals surface area (Å²) in [5.74, 6) is 0.0740. The Kier molecular flexibility index (Phi) is 6.10. The highest BCUT2D eigenvalue weighted by Crippen LogP contribution is 2.16. The van der Waals surface area contributed by atoms with Crippen molar-refractivity contribution in [3.63, 3.8) is 0 Å². The van der Waals surface area contributed by atoms with Crippen molar-refractivity contribution in [3.05, 3.63) is 83.9 Å². The fourth-order valence-corrected chi connectivity index (χ4v) is 2.71. The number of anilines is 2. The van der Waals surface area contributed by atoms with Crippen LogP contribution in [-0.2, 0) is 6.42 Å². The van der Waals surface area contributed by atoms with E-state index in [9.17, 15) is 9.18 Å². The van der Waals surface area contributed by atoms with Gasteiger partial charge in [0.1, 0.15) is 5.82 Å². The number of carbonyl (C=O) groups excluding carboxylic acids is 1. The third-order valence-corrected chi connectivity index (χ3v) is 4.14. The van der Waals surface area contributed by atoms with Crippen LogP contribution in [0.25, 0.3) is 0 Å². The first-order valence-electron chi connectivity index (χ1n) is 8.84. The number of amides is 1. The van der Waals surface area contributed by atoms with Crippen molar-refractivity contribution in [1.82, 2.24) is 9.97 Å². The lowest BCUT2D eigenvalue weighted by atomic mass is 10.1. The summed E-state index contributed by atoms with van der Waals surface area (Å²) in [6.45, 7) is 3.10. The Morgan fingerprint density at radius 2 is 1.70 bits per heavy atom. The minimum Gasteiger partial charge on any atom is -0.354 e. The van der Waals surface area contributed by atoms with Crippen molar-refractivity contribution in [2.75, 3.05) is 23.3 Å². The molecule has 0 unspecified atom stereocenters. The first-order valence-corrected chi connectivity index (χ1v) is 8.84. The van der Waals surface area contributed by atoms with E-state index in [2.05, 4.69) is 15.3 Å². The monoisotopic (exact) mass is 364 g/mol. The lowest BCUT2D eigenvalue weighted by molar-refractivity contribution is 0.0987. The van der Waals surface area contributed by atoms with E-state index in [1.807, 2.05) is 37.3 Å². The number of nitrogens with zero attached hydrogens (tertiary/aromatic N) is 3. The third kappa shape index (κ3) is 4.88. The Morgan fingerprint density at radius 1 is 1.04 bits per heavy atom. The minimum atomic E-state index is -0.244. The van der Waals surface area contributed by atoms with E-state index in [0.717, 1.165) is 17.7 Å². The number of benzene rings is 2. The first-order chi connectivity index (χ1) is 13.2. The van der Waals surface area contributed by atoms with Gasteiger partial charge in [-0.25, -0.2) is 14.4 Å². The van der Waals surface area contributed by atoms with Crippen molar-refractivity contribution in [2.24, 2.45) is 0 Å². The maximum absolute atomic E-state index is 12.9. The molecule has 1 N–H and O–H groups in total. The maximum atomic E-state index is 12.9. The molecule has 138 valence electrons. The van der Waals surface area contributed by atoms with Gasteiger partial charge in [0.2, 0.25) is 5.95 Å². The molecule has 0 saturated heterocycles. The van der Waals surface area contributed by atoms with Crippen LogP contribution in [0.2, 0.25) is 0 Å². The van der Waals surface area contributed by atoms with Crippen molar-refractivity contribution in [3.8, 4) is 0 Å². The van der Waals surface area contributed by atoms with Crippen LogP contribution in [-0.4, -0.2) is 29.0 Å². The number of aromatic nitrogens is 2. The lowest BCUT2D eigenvalue weighted by Crippen LogP contribution is -2.30. The van der Waals surface area contributed by atoms with Crippen LogP contribution >= 0.6 is 0 Å². The third-order valence-electron chi connectivity index (χ3n) is 4.14. The largest absolute Gasteiger partial charge is 0.354 e. The molecule has 0 atom stereocenters. The summed E-state index contributed by atoms with van der Waals surface area (Å²) < 4.78 is 12.9. The number of nitrogens with one attached hydrogen (secondary N) is 1. The zero-order chi connectivity index (χ0) is 19.1. The summed E-state index contributed by atoms with van der Waals surface area (Å²) in [5, 5.41) is 3.11. The lowest BCUT2D eigenvalue weighted by Gasteiger charge is -2.20. The van der Waals surface area contributed by atoms with E-state index >= 15 is 0 Å². The van der Waals surface area contributed by atoms with Gasteiger partial charge in [-0.15, -0.1) is 0 Å². The van der Waals surface area contributed by atoms with Crippen LogP contribution in [0.5, 0.6) is 0 Å². The van der Waals surface area contributed by atoms with Crippen LogP contribution in [0, 0.1) is 5.82 Å². The first kappa shape index (κ1) is 18.5. The summed E-state index contributed by atoms with van der Waals surface area (Å²) in [5.41, 5.74) is 2.30. The molecule has 0 aliphatic rings. The molecule has 2 aromatic carbocycles. The molecule has 3 rings (SSSR count). The van der Waals surface area contributed by atoms with Gasteiger partial charge in [-0.1, -0.05) is 30.3 Å². The van der Waals surface area contributed by atoms with Crippen LogP contribution in [0.15, 0.2) is 67.0 Å². The molecule has 1 heterocycles. The van der Waals surface area contributed by atoms with Crippen LogP contribution < -0.4 is 10.2 Å². The molecule has 3 aromatic rings. The second kappa shape index (κ2) is 8.89. The summed E-state index contributed by atoms with van der Waals surface area (Å²) in [6.07, 6.45) is 3.78. The van der Waals surface area contributed by atoms with Gasteiger partial charge in [0.15, 0.2) is 0 Å². The fourth-order valence-electron chi connectivity index (χ4n) is 2.71. The predicted octanol–water partition coefficient (Wildman–Crippen LogP) is 3.94. The van der Waals surface area contributed by atoms with Gasteiger partial charge in [0.05, 0.1) is 5.56 Å². The smallest absolute Gasteiger partial charge is 0.261 e. The molecule has 0 bridgehead atoms. The molecule has 0 fully saturated rings. The standard InChI is InChI=1S/C21H21FN4O/c1-2-26(19-6-4-3-5-7-19)20(27)17-14-24-21(25-15-17)23-13-12-16-8-10-18(22)11-9-16/h3-11,14-15H,2,12-13H2,1H3,(H,23,24,25). The zero-order valence-corrected chi connectivity index (χ0v) is 15.1. The van der Waals surface area contributed by atoms with Crippen molar-refractivity contribution >= 4 is 17.5 Å².